The molecule has 1 N–H and O–H groups in total. The van der Waals surface area contributed by atoms with Crippen molar-refractivity contribution in [1.29, 1.82) is 0 Å². The molecule has 5 heteroatoms. The highest BCUT2D eigenvalue weighted by atomic mass is 35.5. The first-order valence-corrected chi connectivity index (χ1v) is 6.58. The summed E-state index contributed by atoms with van der Waals surface area (Å²) in [6.45, 7) is 2.02. The number of benzene rings is 1. The van der Waals surface area contributed by atoms with Crippen LogP contribution in [0.2, 0.25) is 10.0 Å². The van der Waals surface area contributed by atoms with Crippen molar-refractivity contribution >= 4 is 28.9 Å². The molecule has 0 aliphatic heterocycles. The number of methoxy groups -OCH3 is 1. The first-order valence-electron chi connectivity index (χ1n) is 5.82. The van der Waals surface area contributed by atoms with E-state index in [0.717, 1.165) is 11.3 Å². The van der Waals surface area contributed by atoms with Crippen molar-refractivity contribution in [2.75, 3.05) is 12.4 Å². The molecule has 1 heterocycles. The van der Waals surface area contributed by atoms with Crippen molar-refractivity contribution in [2.24, 2.45) is 0 Å². The number of halogens is 2. The van der Waals surface area contributed by atoms with E-state index < -0.39 is 0 Å². The molecule has 0 saturated carbocycles. The Morgan fingerprint density at radius 1 is 1.26 bits per heavy atom. The van der Waals surface area contributed by atoms with Crippen molar-refractivity contribution in [3.05, 3.63) is 52.1 Å². The molecule has 1 atom stereocenters. The second kappa shape index (κ2) is 6.13. The highest BCUT2D eigenvalue weighted by Crippen LogP contribution is 2.30. The number of aromatic nitrogens is 1. The molecule has 0 saturated heterocycles. The van der Waals surface area contributed by atoms with Crippen LogP contribution in [0, 0.1) is 0 Å². The van der Waals surface area contributed by atoms with Gasteiger partial charge in [0.15, 0.2) is 0 Å². The van der Waals surface area contributed by atoms with Crippen LogP contribution in [0.4, 0.5) is 5.69 Å². The number of hydrogen-bond acceptors (Lipinski definition) is 3. The van der Waals surface area contributed by atoms with E-state index in [1.54, 1.807) is 19.4 Å². The highest BCUT2D eigenvalue weighted by Gasteiger charge is 2.12. The summed E-state index contributed by atoms with van der Waals surface area (Å²) in [4.78, 5) is 4.14. The van der Waals surface area contributed by atoms with Gasteiger partial charge in [0.05, 0.1) is 18.8 Å². The van der Waals surface area contributed by atoms with Crippen LogP contribution in [0.25, 0.3) is 0 Å². The minimum Gasteiger partial charge on any atom is -0.480 e. The van der Waals surface area contributed by atoms with E-state index in [1.165, 1.54) is 0 Å². The zero-order chi connectivity index (χ0) is 13.8. The van der Waals surface area contributed by atoms with E-state index in [1.807, 2.05) is 31.2 Å². The number of anilines is 1. The molecule has 1 aromatic heterocycles. The normalized spacial score (nSPS) is 12.0. The largest absolute Gasteiger partial charge is 0.480 e. The Morgan fingerprint density at radius 3 is 2.74 bits per heavy atom. The molecule has 0 spiro atoms. The predicted octanol–water partition coefficient (Wildman–Crippen LogP) is 4.57. The smallest absolute Gasteiger partial charge is 0.237 e. The Kier molecular flexibility index (Phi) is 4.51. The lowest BCUT2D eigenvalue weighted by molar-refractivity contribution is 0.399. The number of rotatable bonds is 4. The van der Waals surface area contributed by atoms with E-state index in [0.29, 0.717) is 15.9 Å². The maximum atomic E-state index is 6.19. The number of nitrogens with zero attached hydrogens (tertiary/aromatic N) is 1. The van der Waals surface area contributed by atoms with Crippen molar-refractivity contribution in [1.82, 2.24) is 4.98 Å². The van der Waals surface area contributed by atoms with Crippen LogP contribution in [0.15, 0.2) is 36.5 Å². The minimum atomic E-state index is 0.0165. The molecule has 2 rings (SSSR count). The molecule has 2 aromatic rings. The van der Waals surface area contributed by atoms with E-state index in [2.05, 4.69) is 10.3 Å². The molecule has 0 radical (unpaired) electrons. The molecule has 0 bridgehead atoms. The summed E-state index contributed by atoms with van der Waals surface area (Å²) < 4.78 is 5.20. The number of pyridine rings is 1. The fraction of sp³-hybridized carbons (Fsp3) is 0.214. The van der Waals surface area contributed by atoms with Gasteiger partial charge in [0.2, 0.25) is 5.88 Å². The molecule has 3 nitrogen and oxygen atoms in total. The number of nitrogens with one attached hydrogen (secondary N) is 1. The molecule has 0 amide bonds. The summed E-state index contributed by atoms with van der Waals surface area (Å²) in [5, 5.41) is 4.58. The van der Waals surface area contributed by atoms with Gasteiger partial charge in [-0.1, -0.05) is 29.3 Å². The fourth-order valence-electron chi connectivity index (χ4n) is 1.83. The van der Waals surface area contributed by atoms with Crippen LogP contribution >= 0.6 is 23.2 Å². The first kappa shape index (κ1) is 14.0. The Bertz CT molecular complexity index is 575. The van der Waals surface area contributed by atoms with Gasteiger partial charge in [-0.25, -0.2) is 4.98 Å². The fourth-order valence-corrected chi connectivity index (χ4v) is 2.40. The summed E-state index contributed by atoms with van der Waals surface area (Å²) in [5.41, 5.74) is 1.79. The topological polar surface area (TPSA) is 34.1 Å². The summed E-state index contributed by atoms with van der Waals surface area (Å²) in [7, 11) is 1.59. The molecule has 0 aliphatic rings. The number of ether oxygens (including phenoxy) is 1. The zero-order valence-corrected chi connectivity index (χ0v) is 12.2. The molecule has 0 aliphatic carbocycles. The van der Waals surface area contributed by atoms with E-state index >= 15 is 0 Å². The van der Waals surface area contributed by atoms with Crippen LogP contribution in [0.1, 0.15) is 18.5 Å². The predicted molar refractivity (Wildman–Crippen MR) is 79.3 cm³/mol. The van der Waals surface area contributed by atoms with Gasteiger partial charge >= 0.3 is 0 Å². The molecule has 0 fully saturated rings. The number of hydrogen-bond donors (Lipinski definition) is 1. The standard InChI is InChI=1S/C14H14Cl2N2O/c1-9(11-6-5-10(15)8-12(11)16)18-13-4-3-7-17-14(13)19-2/h3-9,18H,1-2H3. The van der Waals surface area contributed by atoms with Gasteiger partial charge in [-0.15, -0.1) is 0 Å². The highest BCUT2D eigenvalue weighted by molar-refractivity contribution is 6.35. The lowest BCUT2D eigenvalue weighted by Gasteiger charge is -2.18. The molecule has 100 valence electrons. The average molecular weight is 297 g/mol. The Labute approximate surface area is 122 Å². The molecular formula is C14H14Cl2N2O. The van der Waals surface area contributed by atoms with Gasteiger partial charge in [0.25, 0.3) is 0 Å². The molecule has 1 unspecified atom stereocenters. The van der Waals surface area contributed by atoms with E-state index in [-0.39, 0.29) is 6.04 Å². The summed E-state index contributed by atoms with van der Waals surface area (Å²) >= 11 is 12.1. The minimum absolute atomic E-state index is 0.0165. The lowest BCUT2D eigenvalue weighted by Crippen LogP contribution is -2.08. The summed E-state index contributed by atoms with van der Waals surface area (Å²) in [6.07, 6.45) is 1.68. The third-order valence-corrected chi connectivity index (χ3v) is 3.33. The Balaban J connectivity index is 2.23. The van der Waals surface area contributed by atoms with Crippen molar-refractivity contribution < 1.29 is 4.74 Å². The van der Waals surface area contributed by atoms with Crippen LogP contribution in [-0.4, -0.2) is 12.1 Å². The second-order valence-electron chi connectivity index (χ2n) is 4.09. The quantitative estimate of drug-likeness (QED) is 0.897. The van der Waals surface area contributed by atoms with Gasteiger partial charge < -0.3 is 10.1 Å². The van der Waals surface area contributed by atoms with Gasteiger partial charge in [-0.2, -0.15) is 0 Å². The van der Waals surface area contributed by atoms with Gasteiger partial charge in [0.1, 0.15) is 0 Å². The van der Waals surface area contributed by atoms with Gasteiger partial charge in [-0.3, -0.25) is 0 Å². The van der Waals surface area contributed by atoms with E-state index in [4.69, 9.17) is 27.9 Å². The van der Waals surface area contributed by atoms with Crippen LogP contribution in [-0.2, 0) is 0 Å². The maximum absolute atomic E-state index is 6.19. The summed E-state index contributed by atoms with van der Waals surface area (Å²) in [5.74, 6) is 0.555. The van der Waals surface area contributed by atoms with E-state index in [9.17, 15) is 0 Å². The van der Waals surface area contributed by atoms with Crippen LogP contribution < -0.4 is 10.1 Å². The SMILES string of the molecule is COc1ncccc1NC(C)c1ccc(Cl)cc1Cl. The Hall–Kier alpha value is -1.45. The van der Waals surface area contributed by atoms with Crippen molar-refractivity contribution in [3.63, 3.8) is 0 Å². The third-order valence-electron chi connectivity index (χ3n) is 2.77. The molecular weight excluding hydrogens is 283 g/mol. The maximum Gasteiger partial charge on any atom is 0.237 e. The second-order valence-corrected chi connectivity index (χ2v) is 4.94. The van der Waals surface area contributed by atoms with Crippen LogP contribution in [0.5, 0.6) is 5.88 Å². The zero-order valence-electron chi connectivity index (χ0n) is 10.7. The van der Waals surface area contributed by atoms with Crippen molar-refractivity contribution in [3.8, 4) is 5.88 Å². The van der Waals surface area contributed by atoms with Crippen LogP contribution in [0.3, 0.4) is 0 Å². The summed E-state index contributed by atoms with van der Waals surface area (Å²) in [6, 6.07) is 9.24. The average Bonchev–Trinajstić information content (AvgIpc) is 2.39. The first-order chi connectivity index (χ1) is 9.11. The van der Waals surface area contributed by atoms with Crippen molar-refractivity contribution in [2.45, 2.75) is 13.0 Å². The van der Waals surface area contributed by atoms with Gasteiger partial charge in [0, 0.05) is 16.2 Å². The Morgan fingerprint density at radius 2 is 2.05 bits per heavy atom. The molecule has 1 aromatic carbocycles. The lowest BCUT2D eigenvalue weighted by atomic mass is 10.1. The van der Waals surface area contributed by atoms with Gasteiger partial charge in [-0.05, 0) is 36.8 Å². The third kappa shape index (κ3) is 3.31. The molecule has 19 heavy (non-hydrogen) atoms. The monoisotopic (exact) mass is 296 g/mol.